The molecule has 1 saturated heterocycles. The molecule has 0 saturated carbocycles. The first kappa shape index (κ1) is 10.8. The second-order valence-electron chi connectivity index (χ2n) is 4.36. The van der Waals surface area contributed by atoms with Crippen molar-refractivity contribution in [2.45, 2.75) is 18.1 Å². The van der Waals surface area contributed by atoms with E-state index in [1.807, 2.05) is 13.3 Å². The van der Waals surface area contributed by atoms with Crippen LogP contribution in [-0.4, -0.2) is 47.2 Å². The molecule has 90 valence electrons. The number of amides is 1. The highest BCUT2D eigenvalue weighted by molar-refractivity contribution is 7.98. The third-order valence-electron chi connectivity index (χ3n) is 3.23. The van der Waals surface area contributed by atoms with Gasteiger partial charge < -0.3 is 9.80 Å². The Kier molecular flexibility index (Phi) is 2.47. The maximum Gasteiger partial charge on any atom is 0.259 e. The third kappa shape index (κ3) is 1.58. The van der Waals surface area contributed by atoms with Crippen LogP contribution in [0, 0.1) is 0 Å². The molecule has 3 rings (SSSR count). The van der Waals surface area contributed by atoms with Gasteiger partial charge in [0.1, 0.15) is 11.4 Å². The summed E-state index contributed by atoms with van der Waals surface area (Å²) >= 11 is 1.52. The molecule has 0 spiro atoms. The number of anilines is 1. The van der Waals surface area contributed by atoms with E-state index in [0.29, 0.717) is 12.1 Å². The summed E-state index contributed by atoms with van der Waals surface area (Å²) in [6, 6.07) is 0. The molecule has 3 heterocycles. The van der Waals surface area contributed by atoms with Gasteiger partial charge in [-0.25, -0.2) is 9.97 Å². The minimum atomic E-state index is 0.0505. The molecule has 5 nitrogen and oxygen atoms in total. The summed E-state index contributed by atoms with van der Waals surface area (Å²) in [5.41, 5.74) is 1.59. The van der Waals surface area contributed by atoms with Crippen LogP contribution in [0.2, 0.25) is 0 Å². The number of rotatable bonds is 2. The van der Waals surface area contributed by atoms with E-state index in [0.717, 1.165) is 29.8 Å². The number of fused-ring (bicyclic) bond motifs is 1. The predicted octanol–water partition coefficient (Wildman–Crippen LogP) is 0.994. The van der Waals surface area contributed by atoms with Crippen molar-refractivity contribution >= 4 is 23.5 Å². The molecule has 2 aliphatic heterocycles. The van der Waals surface area contributed by atoms with E-state index in [1.54, 1.807) is 4.90 Å². The Morgan fingerprint density at radius 3 is 2.65 bits per heavy atom. The fourth-order valence-electron chi connectivity index (χ4n) is 2.14. The van der Waals surface area contributed by atoms with Crippen molar-refractivity contribution in [2.75, 3.05) is 31.3 Å². The highest BCUT2D eigenvalue weighted by Gasteiger charge is 2.33. The van der Waals surface area contributed by atoms with Crippen molar-refractivity contribution in [1.82, 2.24) is 14.9 Å². The van der Waals surface area contributed by atoms with Gasteiger partial charge in [0.05, 0.1) is 12.2 Å². The summed E-state index contributed by atoms with van der Waals surface area (Å²) in [5.74, 6) is 0.884. The van der Waals surface area contributed by atoms with Crippen LogP contribution in [0.3, 0.4) is 0 Å². The van der Waals surface area contributed by atoms with Gasteiger partial charge in [-0.2, -0.15) is 0 Å². The smallest absolute Gasteiger partial charge is 0.259 e. The lowest BCUT2D eigenvalue weighted by atomic mass is 10.1. The quantitative estimate of drug-likeness (QED) is 0.579. The summed E-state index contributed by atoms with van der Waals surface area (Å²) in [5, 5.41) is 0.758. The fraction of sp³-hybridized carbons (Fsp3) is 0.545. The SMILES string of the molecule is CSc1nc2c(c(N3CCC3)n1)C(=O)N(C)C2. The minimum Gasteiger partial charge on any atom is -0.356 e. The van der Waals surface area contributed by atoms with Crippen molar-refractivity contribution in [3.63, 3.8) is 0 Å². The van der Waals surface area contributed by atoms with E-state index in [4.69, 9.17) is 0 Å². The van der Waals surface area contributed by atoms with Crippen LogP contribution >= 0.6 is 11.8 Å². The van der Waals surface area contributed by atoms with Crippen molar-refractivity contribution in [1.29, 1.82) is 0 Å². The molecule has 17 heavy (non-hydrogen) atoms. The molecule has 1 aromatic heterocycles. The molecule has 1 amide bonds. The van der Waals surface area contributed by atoms with Gasteiger partial charge in [-0.1, -0.05) is 11.8 Å². The van der Waals surface area contributed by atoms with Gasteiger partial charge >= 0.3 is 0 Å². The monoisotopic (exact) mass is 250 g/mol. The van der Waals surface area contributed by atoms with Gasteiger partial charge in [0, 0.05) is 20.1 Å². The van der Waals surface area contributed by atoms with Crippen LogP contribution in [0.4, 0.5) is 5.82 Å². The number of aromatic nitrogens is 2. The van der Waals surface area contributed by atoms with E-state index in [-0.39, 0.29) is 5.91 Å². The van der Waals surface area contributed by atoms with E-state index in [9.17, 15) is 4.79 Å². The number of nitrogens with zero attached hydrogens (tertiary/aromatic N) is 4. The fourth-order valence-corrected chi connectivity index (χ4v) is 2.52. The van der Waals surface area contributed by atoms with Crippen LogP contribution in [-0.2, 0) is 6.54 Å². The Morgan fingerprint density at radius 1 is 1.29 bits per heavy atom. The number of thioether (sulfide) groups is 1. The first-order valence-electron chi connectivity index (χ1n) is 5.66. The van der Waals surface area contributed by atoms with Crippen LogP contribution < -0.4 is 4.90 Å². The standard InChI is InChI=1S/C11H14N4OS/c1-14-6-7-8(10(14)16)9(15-4-3-5-15)13-11(12-7)17-2/h3-6H2,1-2H3. The second kappa shape index (κ2) is 3.87. The molecule has 0 radical (unpaired) electrons. The molecular formula is C11H14N4OS. The Balaban J connectivity index is 2.12. The summed E-state index contributed by atoms with van der Waals surface area (Å²) < 4.78 is 0. The first-order valence-corrected chi connectivity index (χ1v) is 6.88. The maximum atomic E-state index is 12.1. The lowest BCUT2D eigenvalue weighted by Crippen LogP contribution is -2.39. The average molecular weight is 250 g/mol. The van der Waals surface area contributed by atoms with E-state index in [1.165, 1.54) is 18.2 Å². The molecule has 0 N–H and O–H groups in total. The maximum absolute atomic E-state index is 12.1. The normalized spacial score (nSPS) is 18.4. The van der Waals surface area contributed by atoms with Crippen LogP contribution in [0.15, 0.2) is 5.16 Å². The number of hydrogen-bond acceptors (Lipinski definition) is 5. The van der Waals surface area contributed by atoms with Crippen molar-refractivity contribution < 1.29 is 4.79 Å². The molecule has 1 aromatic rings. The topological polar surface area (TPSA) is 49.3 Å². The number of carbonyl (C=O) groups is 1. The Labute approximate surface area is 104 Å². The predicted molar refractivity (Wildman–Crippen MR) is 66.4 cm³/mol. The van der Waals surface area contributed by atoms with Gasteiger partial charge in [-0.05, 0) is 12.7 Å². The van der Waals surface area contributed by atoms with Gasteiger partial charge in [-0.15, -0.1) is 0 Å². The molecule has 0 aliphatic carbocycles. The van der Waals surface area contributed by atoms with Gasteiger partial charge in [0.15, 0.2) is 5.16 Å². The average Bonchev–Trinajstić information content (AvgIpc) is 2.52. The Hall–Kier alpha value is -1.30. The minimum absolute atomic E-state index is 0.0505. The second-order valence-corrected chi connectivity index (χ2v) is 5.13. The van der Waals surface area contributed by atoms with Crippen LogP contribution in [0.1, 0.15) is 22.5 Å². The molecule has 6 heteroatoms. The van der Waals surface area contributed by atoms with Gasteiger partial charge in [-0.3, -0.25) is 4.79 Å². The highest BCUT2D eigenvalue weighted by atomic mass is 32.2. The zero-order valence-electron chi connectivity index (χ0n) is 9.93. The lowest BCUT2D eigenvalue weighted by Gasteiger charge is -2.33. The Morgan fingerprint density at radius 2 is 2.06 bits per heavy atom. The summed E-state index contributed by atoms with van der Waals surface area (Å²) in [4.78, 5) is 24.9. The summed E-state index contributed by atoms with van der Waals surface area (Å²) in [7, 11) is 1.81. The molecular weight excluding hydrogens is 236 g/mol. The molecule has 0 bridgehead atoms. The van der Waals surface area contributed by atoms with Gasteiger partial charge in [0.2, 0.25) is 0 Å². The molecule has 0 unspecified atom stereocenters. The van der Waals surface area contributed by atoms with E-state index in [2.05, 4.69) is 14.9 Å². The highest BCUT2D eigenvalue weighted by Crippen LogP contribution is 2.32. The van der Waals surface area contributed by atoms with Crippen molar-refractivity contribution in [3.05, 3.63) is 11.3 Å². The molecule has 0 aromatic carbocycles. The third-order valence-corrected chi connectivity index (χ3v) is 3.78. The van der Waals surface area contributed by atoms with Crippen LogP contribution in [0.25, 0.3) is 0 Å². The van der Waals surface area contributed by atoms with Gasteiger partial charge in [0.25, 0.3) is 5.91 Å². The molecule has 1 fully saturated rings. The van der Waals surface area contributed by atoms with E-state index >= 15 is 0 Å². The van der Waals surface area contributed by atoms with Crippen LogP contribution in [0.5, 0.6) is 0 Å². The molecule has 2 aliphatic rings. The van der Waals surface area contributed by atoms with Crippen molar-refractivity contribution in [3.8, 4) is 0 Å². The van der Waals surface area contributed by atoms with E-state index < -0.39 is 0 Å². The first-order chi connectivity index (χ1) is 8.20. The Bertz CT molecular complexity index is 487. The molecule has 0 atom stereocenters. The summed E-state index contributed by atoms with van der Waals surface area (Å²) in [6.45, 7) is 2.59. The zero-order valence-corrected chi connectivity index (χ0v) is 10.8. The van der Waals surface area contributed by atoms with Crippen molar-refractivity contribution in [2.24, 2.45) is 0 Å². The largest absolute Gasteiger partial charge is 0.356 e. The summed E-state index contributed by atoms with van der Waals surface area (Å²) in [6.07, 6.45) is 3.14. The number of carbonyl (C=O) groups excluding carboxylic acids is 1. The zero-order chi connectivity index (χ0) is 12.0. The number of hydrogen-bond donors (Lipinski definition) is 0. The lowest BCUT2D eigenvalue weighted by molar-refractivity contribution is 0.0816.